The molecule has 3 N–H and O–H groups in total. The Morgan fingerprint density at radius 1 is 1.08 bits per heavy atom. The number of carboxylic acid groups (broad SMARTS) is 1. The van der Waals surface area contributed by atoms with Crippen molar-refractivity contribution >= 4 is 52.7 Å². The van der Waals surface area contributed by atoms with Gasteiger partial charge in [0.2, 0.25) is 11.8 Å². The molecular formula is C37H52ClN4O7+. The van der Waals surface area contributed by atoms with Crippen LogP contribution in [0.2, 0.25) is 5.02 Å². The minimum Gasteiger partial charge on any atom is -0.477 e. The lowest BCUT2D eigenvalue weighted by molar-refractivity contribution is -0.877. The van der Waals surface area contributed by atoms with E-state index in [4.69, 9.17) is 11.6 Å². The molecule has 12 heteroatoms. The lowest BCUT2D eigenvalue weighted by Gasteiger charge is -2.45. The second-order valence-electron chi connectivity index (χ2n) is 16.1. The van der Waals surface area contributed by atoms with Crippen molar-refractivity contribution < 1.29 is 38.4 Å². The molecule has 1 spiro atoms. The zero-order valence-electron chi connectivity index (χ0n) is 29.3. The van der Waals surface area contributed by atoms with Crippen molar-refractivity contribution in [3.05, 3.63) is 29.3 Å². The number of benzene rings is 1. The van der Waals surface area contributed by atoms with Crippen molar-refractivity contribution in [3.63, 3.8) is 0 Å². The molecule has 2 heterocycles. The molecule has 5 atom stereocenters. The first-order chi connectivity index (χ1) is 23.1. The van der Waals surface area contributed by atoms with Gasteiger partial charge < -0.3 is 20.6 Å². The van der Waals surface area contributed by atoms with Gasteiger partial charge in [-0.3, -0.25) is 19.2 Å². The number of ketones is 1. The van der Waals surface area contributed by atoms with Crippen LogP contribution in [0, 0.1) is 16.7 Å². The average Bonchev–Trinajstić information content (AvgIpc) is 3.71. The van der Waals surface area contributed by atoms with E-state index in [0.717, 1.165) is 44.9 Å². The molecule has 49 heavy (non-hydrogen) atoms. The number of aliphatic carboxylic acids is 1. The number of halogens is 1. The molecule has 2 saturated heterocycles. The highest BCUT2D eigenvalue weighted by Crippen LogP contribution is 2.51. The van der Waals surface area contributed by atoms with Crippen LogP contribution < -0.4 is 15.5 Å². The number of amides is 4. The molecule has 11 nitrogen and oxygen atoms in total. The Labute approximate surface area is 294 Å². The Balaban J connectivity index is 1.59. The van der Waals surface area contributed by atoms with Crippen LogP contribution in [0.4, 0.5) is 5.69 Å². The fourth-order valence-electron chi connectivity index (χ4n) is 8.56. The maximum absolute atomic E-state index is 15.4. The summed E-state index contributed by atoms with van der Waals surface area (Å²) in [5.74, 6) is -3.86. The van der Waals surface area contributed by atoms with Crippen LogP contribution >= 0.6 is 11.6 Å². The zero-order valence-corrected chi connectivity index (χ0v) is 30.0. The molecule has 0 aromatic heterocycles. The predicted octanol–water partition coefficient (Wildman–Crippen LogP) is 4.78. The van der Waals surface area contributed by atoms with E-state index in [1.54, 1.807) is 29.2 Å². The number of likely N-dealkylation sites (tertiary alicyclic amines) is 1. The van der Waals surface area contributed by atoms with E-state index in [1.165, 1.54) is 0 Å². The highest BCUT2D eigenvalue weighted by molar-refractivity contribution is 6.38. The van der Waals surface area contributed by atoms with Gasteiger partial charge in [0.25, 0.3) is 11.7 Å². The summed E-state index contributed by atoms with van der Waals surface area (Å²) >= 11 is 6.26. The molecule has 0 radical (unpaired) electrons. The summed E-state index contributed by atoms with van der Waals surface area (Å²) in [4.78, 5) is 85.4. The van der Waals surface area contributed by atoms with Gasteiger partial charge in [-0.2, -0.15) is 0 Å². The Bertz CT molecular complexity index is 1480. The largest absolute Gasteiger partial charge is 0.477 e. The van der Waals surface area contributed by atoms with Crippen LogP contribution in [-0.2, 0) is 28.8 Å². The third kappa shape index (κ3) is 7.88. The van der Waals surface area contributed by atoms with Gasteiger partial charge in [0.05, 0.1) is 12.0 Å². The molecule has 1 aromatic carbocycles. The number of rotatable bonds is 12. The van der Waals surface area contributed by atoms with Crippen molar-refractivity contribution in [3.8, 4) is 0 Å². The maximum atomic E-state index is 15.4. The molecule has 4 amide bonds. The van der Waals surface area contributed by atoms with Crippen LogP contribution in [0.1, 0.15) is 105 Å². The SMILES string of the molecule is CCC[C@@H](C(=O)C(=O)NC1CC1)[N+]1(C(=O)[C@@H](NC(=O)CC2CCCCC2)C(C)(C)C)C[C@@]2(CC(=O)N(c3cccc(Cl)c3)C2)C[C@H]1C(=O)O. The summed E-state index contributed by atoms with van der Waals surface area (Å²) in [7, 11) is 0. The van der Waals surface area contributed by atoms with Crippen molar-refractivity contribution in [2.45, 2.75) is 129 Å². The number of carboxylic acids is 1. The van der Waals surface area contributed by atoms with Gasteiger partial charge in [-0.1, -0.05) is 71.0 Å². The fraction of sp³-hybridized carbons (Fsp3) is 0.676. The predicted molar refractivity (Wildman–Crippen MR) is 184 cm³/mol. The molecule has 1 unspecified atom stereocenters. The second-order valence-corrected chi connectivity index (χ2v) is 16.5. The Morgan fingerprint density at radius 2 is 1.78 bits per heavy atom. The first-order valence-corrected chi connectivity index (χ1v) is 18.3. The van der Waals surface area contributed by atoms with Gasteiger partial charge in [0, 0.05) is 49.0 Å². The maximum Gasteiger partial charge on any atom is 0.363 e. The van der Waals surface area contributed by atoms with E-state index in [2.05, 4.69) is 10.6 Å². The average molecular weight is 700 g/mol. The molecule has 4 aliphatic rings. The molecule has 2 aliphatic carbocycles. The third-order valence-corrected chi connectivity index (χ3v) is 11.3. The molecule has 1 aromatic rings. The molecular weight excluding hydrogens is 648 g/mol. The van der Waals surface area contributed by atoms with Gasteiger partial charge in [0.1, 0.15) is 6.04 Å². The van der Waals surface area contributed by atoms with Crippen LogP contribution in [0.3, 0.4) is 0 Å². The molecule has 5 rings (SSSR count). The van der Waals surface area contributed by atoms with Gasteiger partial charge in [-0.25, -0.2) is 14.1 Å². The number of carbonyl (C=O) groups excluding carboxylic acids is 5. The minimum absolute atomic E-state index is 0.0356. The summed E-state index contributed by atoms with van der Waals surface area (Å²) in [5, 5.41) is 17.1. The molecule has 0 bridgehead atoms. The van der Waals surface area contributed by atoms with E-state index < -0.39 is 57.0 Å². The standard InChI is InChI=1S/C37H51ClN4O7/c1-5-10-27(31(45)33(46)39-25-15-16-25)42(34(47)32(36(2,3)4)40-29(43)17-23-11-7-6-8-12-23)22-37(19-28(42)35(48)49)20-30(44)41(21-37)26-14-9-13-24(38)18-26/h9,13-14,18,23,25,27-28,32H,5-8,10-12,15-17,19-22H2,1-4H3,(H2-,39,40,43,46,48,49)/p+1/t27-,28-,32+,37+,42?/m0/s1. The summed E-state index contributed by atoms with van der Waals surface area (Å²) in [6, 6.07) is 2.83. The topological polar surface area (TPSA) is 150 Å². The first kappa shape index (κ1) is 37.0. The zero-order chi connectivity index (χ0) is 35.7. The van der Waals surface area contributed by atoms with Gasteiger partial charge >= 0.3 is 11.9 Å². The number of Topliss-reactive ketones (excluding diaryl/α,β-unsaturated/α-hetero) is 1. The smallest absolute Gasteiger partial charge is 0.363 e. The van der Waals surface area contributed by atoms with Gasteiger partial charge in [-0.15, -0.1) is 0 Å². The fourth-order valence-corrected chi connectivity index (χ4v) is 8.74. The number of nitrogens with zero attached hydrogens (tertiary/aromatic N) is 2. The molecule has 268 valence electrons. The van der Waals surface area contributed by atoms with E-state index in [9.17, 15) is 29.1 Å². The molecule has 2 aliphatic heterocycles. The van der Waals surface area contributed by atoms with E-state index in [0.29, 0.717) is 17.1 Å². The monoisotopic (exact) mass is 699 g/mol. The summed E-state index contributed by atoms with van der Waals surface area (Å²) in [5.41, 5.74) is -1.30. The number of quaternary nitrogens is 1. The highest BCUT2D eigenvalue weighted by Gasteiger charge is 2.70. The molecule has 2 saturated carbocycles. The number of nitrogens with one attached hydrogen (secondary N) is 2. The second kappa shape index (κ2) is 14.5. The minimum atomic E-state index is -1.42. The van der Waals surface area contributed by atoms with Gasteiger partial charge in [-0.05, 0) is 55.2 Å². The van der Waals surface area contributed by atoms with Crippen LogP contribution in [-0.4, -0.2) is 82.2 Å². The Morgan fingerprint density at radius 3 is 2.37 bits per heavy atom. The van der Waals surface area contributed by atoms with Crippen molar-refractivity contribution in [2.75, 3.05) is 18.0 Å². The highest BCUT2D eigenvalue weighted by atomic mass is 35.5. The normalized spacial score (nSPS) is 27.2. The van der Waals surface area contributed by atoms with Crippen molar-refractivity contribution in [1.29, 1.82) is 0 Å². The quantitative estimate of drug-likeness (QED) is 0.210. The van der Waals surface area contributed by atoms with Gasteiger partial charge in [0.15, 0.2) is 12.1 Å². The Hall–Kier alpha value is -3.31. The van der Waals surface area contributed by atoms with Crippen molar-refractivity contribution in [1.82, 2.24) is 10.6 Å². The lowest BCUT2D eigenvalue weighted by Crippen LogP contribution is -2.73. The number of anilines is 1. The van der Waals surface area contributed by atoms with Crippen LogP contribution in [0.5, 0.6) is 0 Å². The van der Waals surface area contributed by atoms with E-state index >= 15 is 4.79 Å². The third-order valence-electron chi connectivity index (χ3n) is 11.1. The number of hydrogen-bond donors (Lipinski definition) is 3. The Kier molecular flexibility index (Phi) is 10.9. The van der Waals surface area contributed by atoms with Crippen molar-refractivity contribution in [2.24, 2.45) is 16.7 Å². The van der Waals surface area contributed by atoms with Crippen LogP contribution in [0.15, 0.2) is 24.3 Å². The summed E-state index contributed by atoms with van der Waals surface area (Å²) in [6.45, 7) is 7.25. The van der Waals surface area contributed by atoms with E-state index in [-0.39, 0.29) is 62.5 Å². The lowest BCUT2D eigenvalue weighted by atomic mass is 9.82. The molecule has 4 fully saturated rings. The van der Waals surface area contributed by atoms with Crippen LogP contribution in [0.25, 0.3) is 0 Å². The summed E-state index contributed by atoms with van der Waals surface area (Å²) < 4.78 is -0.831. The number of carbonyl (C=O) groups is 6. The first-order valence-electron chi connectivity index (χ1n) is 17.9. The summed E-state index contributed by atoms with van der Waals surface area (Å²) in [6.07, 6.45) is 7.27. The van der Waals surface area contributed by atoms with E-state index in [1.807, 2.05) is 27.7 Å². The number of hydrogen-bond acceptors (Lipinski definition) is 6.